The molecule has 100 valence electrons. The number of benzene rings is 1. The van der Waals surface area contributed by atoms with Gasteiger partial charge >= 0.3 is 0 Å². The first-order valence-electron chi connectivity index (χ1n) is 6.48. The van der Waals surface area contributed by atoms with Crippen molar-refractivity contribution in [2.75, 3.05) is 5.32 Å². The molecule has 0 spiro atoms. The van der Waals surface area contributed by atoms with E-state index in [2.05, 4.69) is 71.1 Å². The topological polar surface area (TPSA) is 12.0 Å². The van der Waals surface area contributed by atoms with Gasteiger partial charge < -0.3 is 5.32 Å². The average molecular weight is 263 g/mol. The van der Waals surface area contributed by atoms with Crippen LogP contribution >= 0.6 is 12.2 Å². The summed E-state index contributed by atoms with van der Waals surface area (Å²) >= 11 is 5.38. The van der Waals surface area contributed by atoms with Crippen LogP contribution in [-0.4, -0.2) is 4.99 Å². The van der Waals surface area contributed by atoms with Gasteiger partial charge in [-0.3, -0.25) is 0 Å². The highest BCUT2D eigenvalue weighted by molar-refractivity contribution is 7.80. The van der Waals surface area contributed by atoms with Crippen molar-refractivity contribution in [1.29, 1.82) is 0 Å². The summed E-state index contributed by atoms with van der Waals surface area (Å²) in [6.07, 6.45) is 1.09. The van der Waals surface area contributed by atoms with E-state index in [-0.39, 0.29) is 5.41 Å². The van der Waals surface area contributed by atoms with Crippen molar-refractivity contribution in [3.8, 4) is 0 Å². The zero-order valence-corrected chi connectivity index (χ0v) is 13.2. The molecule has 0 aromatic heterocycles. The van der Waals surface area contributed by atoms with E-state index in [0.29, 0.717) is 5.41 Å². The Morgan fingerprint density at radius 3 is 1.89 bits per heavy atom. The first-order chi connectivity index (χ1) is 8.08. The van der Waals surface area contributed by atoms with Gasteiger partial charge in [-0.15, -0.1) is 0 Å². The molecule has 2 heteroatoms. The Morgan fingerprint density at radius 2 is 1.50 bits per heavy atom. The second-order valence-corrected chi connectivity index (χ2v) is 7.55. The molecule has 0 radical (unpaired) electrons. The zero-order valence-electron chi connectivity index (χ0n) is 12.4. The Kier molecular flexibility index (Phi) is 4.55. The lowest BCUT2D eigenvalue weighted by Crippen LogP contribution is -2.25. The molecule has 0 amide bonds. The molecule has 1 aromatic rings. The van der Waals surface area contributed by atoms with Crippen LogP contribution in [0, 0.1) is 10.8 Å². The van der Waals surface area contributed by atoms with Crippen molar-refractivity contribution in [3.63, 3.8) is 0 Å². The van der Waals surface area contributed by atoms with Gasteiger partial charge in [-0.1, -0.05) is 65.9 Å². The fourth-order valence-corrected chi connectivity index (χ4v) is 1.75. The molecule has 0 saturated heterocycles. The molecule has 0 bridgehead atoms. The van der Waals surface area contributed by atoms with Crippen molar-refractivity contribution in [2.24, 2.45) is 10.8 Å². The van der Waals surface area contributed by atoms with E-state index in [1.165, 1.54) is 5.56 Å². The standard InChI is InChI=1S/C16H25NS/c1-15(2,3)11-12-7-9-13(10-8-12)17-14(18)16(4,5)6/h7-10H,11H2,1-6H3,(H,17,18). The van der Waals surface area contributed by atoms with Gasteiger partial charge in [0.1, 0.15) is 0 Å². The molecule has 0 aliphatic heterocycles. The summed E-state index contributed by atoms with van der Waals surface area (Å²) in [6, 6.07) is 8.58. The maximum absolute atomic E-state index is 5.38. The number of rotatable bonds is 2. The summed E-state index contributed by atoms with van der Waals surface area (Å²) in [4.78, 5) is 0.881. The van der Waals surface area contributed by atoms with Gasteiger partial charge in [-0.05, 0) is 29.5 Å². The molecule has 0 fully saturated rings. The molecular formula is C16H25NS. The summed E-state index contributed by atoms with van der Waals surface area (Å²) in [6.45, 7) is 13.1. The summed E-state index contributed by atoms with van der Waals surface area (Å²) in [5.74, 6) is 0. The predicted molar refractivity (Wildman–Crippen MR) is 85.3 cm³/mol. The Morgan fingerprint density at radius 1 is 1.00 bits per heavy atom. The van der Waals surface area contributed by atoms with E-state index in [1.54, 1.807) is 0 Å². The molecule has 1 nitrogen and oxygen atoms in total. The predicted octanol–water partition coefficient (Wildman–Crippen LogP) is 5.06. The summed E-state index contributed by atoms with van der Waals surface area (Å²) < 4.78 is 0. The van der Waals surface area contributed by atoms with Gasteiger partial charge in [-0.25, -0.2) is 0 Å². The molecular weight excluding hydrogens is 238 g/mol. The second kappa shape index (κ2) is 5.40. The first-order valence-corrected chi connectivity index (χ1v) is 6.89. The van der Waals surface area contributed by atoms with Gasteiger partial charge in [0.15, 0.2) is 0 Å². The van der Waals surface area contributed by atoms with Gasteiger partial charge in [0.2, 0.25) is 0 Å². The molecule has 0 aliphatic carbocycles. The third-order valence-corrected chi connectivity index (χ3v) is 3.34. The van der Waals surface area contributed by atoms with Crippen molar-refractivity contribution in [2.45, 2.75) is 48.0 Å². The van der Waals surface area contributed by atoms with Gasteiger partial charge in [-0.2, -0.15) is 0 Å². The fourth-order valence-electron chi connectivity index (χ4n) is 1.64. The Bertz CT molecular complexity index is 404. The minimum absolute atomic E-state index is 0.0133. The van der Waals surface area contributed by atoms with Crippen molar-refractivity contribution in [1.82, 2.24) is 0 Å². The Labute approximate surface area is 117 Å². The summed E-state index contributed by atoms with van der Waals surface area (Å²) in [5.41, 5.74) is 2.79. The summed E-state index contributed by atoms with van der Waals surface area (Å²) in [7, 11) is 0. The highest BCUT2D eigenvalue weighted by atomic mass is 32.1. The maximum Gasteiger partial charge on any atom is 0.0851 e. The molecule has 0 saturated carbocycles. The van der Waals surface area contributed by atoms with Crippen molar-refractivity contribution in [3.05, 3.63) is 29.8 Å². The van der Waals surface area contributed by atoms with Crippen molar-refractivity contribution >= 4 is 22.9 Å². The van der Waals surface area contributed by atoms with E-state index in [9.17, 15) is 0 Å². The van der Waals surface area contributed by atoms with E-state index in [4.69, 9.17) is 12.2 Å². The molecule has 18 heavy (non-hydrogen) atoms. The van der Waals surface area contributed by atoms with Gasteiger partial charge in [0.25, 0.3) is 0 Å². The monoisotopic (exact) mass is 263 g/mol. The lowest BCUT2D eigenvalue weighted by Gasteiger charge is -2.22. The molecule has 0 atom stereocenters. The van der Waals surface area contributed by atoms with Crippen LogP contribution in [0.2, 0.25) is 0 Å². The molecule has 1 aromatic carbocycles. The normalized spacial score (nSPS) is 12.3. The quantitative estimate of drug-likeness (QED) is 0.748. The van der Waals surface area contributed by atoms with Crippen LogP contribution in [0.15, 0.2) is 24.3 Å². The van der Waals surface area contributed by atoms with Crippen molar-refractivity contribution < 1.29 is 0 Å². The molecule has 1 N–H and O–H groups in total. The van der Waals surface area contributed by atoms with Crippen LogP contribution in [0.3, 0.4) is 0 Å². The average Bonchev–Trinajstić information content (AvgIpc) is 2.17. The fraction of sp³-hybridized carbons (Fsp3) is 0.562. The highest BCUT2D eigenvalue weighted by Crippen LogP contribution is 2.23. The van der Waals surface area contributed by atoms with Crippen LogP contribution in [0.25, 0.3) is 0 Å². The Hall–Kier alpha value is -0.890. The Balaban J connectivity index is 2.70. The smallest absolute Gasteiger partial charge is 0.0851 e. The second-order valence-electron chi connectivity index (χ2n) is 7.14. The minimum atomic E-state index is 0.0133. The van der Waals surface area contributed by atoms with E-state index in [1.807, 2.05) is 0 Å². The lowest BCUT2D eigenvalue weighted by atomic mass is 9.88. The first kappa shape index (κ1) is 15.2. The molecule has 0 aliphatic rings. The lowest BCUT2D eigenvalue weighted by molar-refractivity contribution is 0.411. The van der Waals surface area contributed by atoms with Gasteiger partial charge in [0.05, 0.1) is 4.99 Å². The van der Waals surface area contributed by atoms with E-state index in [0.717, 1.165) is 17.1 Å². The minimum Gasteiger partial charge on any atom is -0.350 e. The molecule has 0 unspecified atom stereocenters. The largest absolute Gasteiger partial charge is 0.350 e. The number of nitrogens with one attached hydrogen (secondary N) is 1. The number of anilines is 1. The third kappa shape index (κ3) is 5.18. The van der Waals surface area contributed by atoms with Crippen LogP contribution in [0.4, 0.5) is 5.69 Å². The SMILES string of the molecule is CC(C)(C)Cc1ccc(NC(=S)C(C)(C)C)cc1. The highest BCUT2D eigenvalue weighted by Gasteiger charge is 2.17. The van der Waals surface area contributed by atoms with E-state index < -0.39 is 0 Å². The number of thiocarbonyl (C=S) groups is 1. The molecule has 0 heterocycles. The number of hydrogen-bond acceptors (Lipinski definition) is 1. The van der Waals surface area contributed by atoms with Crippen LogP contribution in [0.5, 0.6) is 0 Å². The third-order valence-electron chi connectivity index (χ3n) is 2.63. The summed E-state index contributed by atoms with van der Waals surface area (Å²) in [5, 5.41) is 3.30. The van der Waals surface area contributed by atoms with E-state index >= 15 is 0 Å². The van der Waals surface area contributed by atoms with Crippen LogP contribution in [0.1, 0.15) is 47.1 Å². The van der Waals surface area contributed by atoms with Crippen LogP contribution in [-0.2, 0) is 6.42 Å². The maximum atomic E-state index is 5.38. The van der Waals surface area contributed by atoms with Gasteiger partial charge in [0, 0.05) is 11.1 Å². The zero-order chi connectivity index (χ0) is 14.0. The molecule has 1 rings (SSSR count). The number of hydrogen-bond donors (Lipinski definition) is 1. The van der Waals surface area contributed by atoms with Crippen LogP contribution < -0.4 is 5.32 Å².